The number of aliphatic hydroxyl groups excluding tert-OH is 1. The van der Waals surface area contributed by atoms with Crippen LogP contribution in [0.3, 0.4) is 0 Å². The van der Waals surface area contributed by atoms with Gasteiger partial charge in [0.2, 0.25) is 0 Å². The number of benzene rings is 2. The average molecular weight is 354 g/mol. The molecule has 0 aromatic heterocycles. The van der Waals surface area contributed by atoms with Crippen molar-refractivity contribution < 1.29 is 14.6 Å². The van der Waals surface area contributed by atoms with Crippen LogP contribution in [0.15, 0.2) is 48.5 Å². The van der Waals surface area contributed by atoms with Crippen LogP contribution in [0.2, 0.25) is 0 Å². The van der Waals surface area contributed by atoms with Crippen LogP contribution < -0.4 is 9.80 Å². The lowest BCUT2D eigenvalue weighted by Crippen LogP contribution is -2.36. The summed E-state index contributed by atoms with van der Waals surface area (Å²) in [5, 5.41) is 10.7. The van der Waals surface area contributed by atoms with Gasteiger partial charge in [0.25, 0.3) is 0 Å². The molecule has 2 saturated heterocycles. The zero-order chi connectivity index (χ0) is 17.8. The number of morpholine rings is 2. The van der Waals surface area contributed by atoms with Crippen LogP contribution in [0.4, 0.5) is 11.4 Å². The van der Waals surface area contributed by atoms with E-state index in [1.807, 2.05) is 24.3 Å². The third-order valence-electron chi connectivity index (χ3n) is 5.17. The third kappa shape index (κ3) is 3.85. The molecule has 26 heavy (non-hydrogen) atoms. The van der Waals surface area contributed by atoms with Gasteiger partial charge in [-0.2, -0.15) is 0 Å². The highest BCUT2D eigenvalue weighted by atomic mass is 16.5. The van der Waals surface area contributed by atoms with Gasteiger partial charge in [-0.1, -0.05) is 24.3 Å². The summed E-state index contributed by atoms with van der Waals surface area (Å²) in [6.07, 6.45) is -0.604. The standard InChI is InChI=1S/C21H26N2O3/c24-21(17-1-5-19(6-2-17)22-9-13-25-14-10-22)18-3-7-20(8-4-18)23-11-15-26-16-12-23/h1-8,21,24H,9-16H2. The summed E-state index contributed by atoms with van der Waals surface area (Å²) in [5.41, 5.74) is 4.21. The lowest BCUT2D eigenvalue weighted by molar-refractivity contribution is 0.122. The van der Waals surface area contributed by atoms with E-state index in [0.29, 0.717) is 0 Å². The van der Waals surface area contributed by atoms with Crippen LogP contribution in [0.5, 0.6) is 0 Å². The van der Waals surface area contributed by atoms with Crippen molar-refractivity contribution in [2.45, 2.75) is 6.10 Å². The summed E-state index contributed by atoms with van der Waals surface area (Å²) in [7, 11) is 0. The molecule has 2 aromatic carbocycles. The molecule has 1 N–H and O–H groups in total. The molecule has 0 amide bonds. The highest BCUT2D eigenvalue weighted by molar-refractivity contribution is 5.51. The second kappa shape index (κ2) is 8.08. The summed E-state index contributed by atoms with van der Waals surface area (Å²) in [4.78, 5) is 4.63. The number of aliphatic hydroxyl groups is 1. The highest BCUT2D eigenvalue weighted by Crippen LogP contribution is 2.27. The van der Waals surface area contributed by atoms with Crippen molar-refractivity contribution in [3.8, 4) is 0 Å². The van der Waals surface area contributed by atoms with Crippen LogP contribution in [-0.4, -0.2) is 57.7 Å². The molecule has 0 spiro atoms. The molecule has 0 aliphatic carbocycles. The molecule has 0 bridgehead atoms. The second-order valence-corrected chi connectivity index (χ2v) is 6.78. The van der Waals surface area contributed by atoms with Crippen molar-refractivity contribution in [2.75, 3.05) is 62.4 Å². The minimum Gasteiger partial charge on any atom is -0.384 e. The number of anilines is 2. The van der Waals surface area contributed by atoms with E-state index in [4.69, 9.17) is 9.47 Å². The Morgan fingerprint density at radius 3 is 1.31 bits per heavy atom. The molecule has 5 nitrogen and oxygen atoms in total. The van der Waals surface area contributed by atoms with Crippen LogP contribution in [0, 0.1) is 0 Å². The molecule has 138 valence electrons. The van der Waals surface area contributed by atoms with E-state index in [0.717, 1.165) is 63.7 Å². The molecule has 4 rings (SSSR count). The van der Waals surface area contributed by atoms with Gasteiger partial charge in [0.15, 0.2) is 0 Å². The summed E-state index contributed by atoms with van der Waals surface area (Å²) in [6, 6.07) is 16.4. The molecule has 0 saturated carbocycles. The predicted octanol–water partition coefficient (Wildman–Crippen LogP) is 2.44. The third-order valence-corrected chi connectivity index (χ3v) is 5.17. The number of nitrogens with zero attached hydrogens (tertiary/aromatic N) is 2. The molecular formula is C21H26N2O3. The smallest absolute Gasteiger partial charge is 0.104 e. The van der Waals surface area contributed by atoms with Crippen LogP contribution in [0.25, 0.3) is 0 Å². The maximum atomic E-state index is 10.7. The Balaban J connectivity index is 1.43. The van der Waals surface area contributed by atoms with Gasteiger partial charge in [-0.3, -0.25) is 0 Å². The first-order chi connectivity index (χ1) is 12.8. The first kappa shape index (κ1) is 17.3. The first-order valence-corrected chi connectivity index (χ1v) is 9.35. The minimum absolute atomic E-state index is 0.604. The maximum absolute atomic E-state index is 10.7. The van der Waals surface area contributed by atoms with Gasteiger partial charge in [0, 0.05) is 37.6 Å². The Morgan fingerprint density at radius 1 is 0.615 bits per heavy atom. The lowest BCUT2D eigenvalue weighted by atomic mass is 10.0. The predicted molar refractivity (Wildman–Crippen MR) is 103 cm³/mol. The van der Waals surface area contributed by atoms with E-state index in [1.54, 1.807) is 0 Å². The molecule has 0 atom stereocenters. The fourth-order valence-corrected chi connectivity index (χ4v) is 3.57. The van der Waals surface area contributed by atoms with Gasteiger partial charge < -0.3 is 24.4 Å². The molecule has 2 aliphatic heterocycles. The zero-order valence-electron chi connectivity index (χ0n) is 15.0. The lowest BCUT2D eigenvalue weighted by Gasteiger charge is -2.29. The van der Waals surface area contributed by atoms with E-state index >= 15 is 0 Å². The molecule has 5 heteroatoms. The maximum Gasteiger partial charge on any atom is 0.104 e. The number of hydrogen-bond acceptors (Lipinski definition) is 5. The quantitative estimate of drug-likeness (QED) is 0.914. The topological polar surface area (TPSA) is 45.2 Å². The fourth-order valence-electron chi connectivity index (χ4n) is 3.57. The van der Waals surface area contributed by atoms with E-state index in [-0.39, 0.29) is 0 Å². The second-order valence-electron chi connectivity index (χ2n) is 6.78. The normalized spacial score (nSPS) is 18.4. The Labute approximate surface area is 154 Å². The summed E-state index contributed by atoms with van der Waals surface area (Å²) < 4.78 is 10.8. The SMILES string of the molecule is OC(c1ccc(N2CCOCC2)cc1)c1ccc(N2CCOCC2)cc1. The molecule has 2 aliphatic rings. The van der Waals surface area contributed by atoms with Gasteiger partial charge in [-0.25, -0.2) is 0 Å². The molecule has 2 aromatic rings. The minimum atomic E-state index is -0.604. The van der Waals surface area contributed by atoms with Crippen molar-refractivity contribution in [3.05, 3.63) is 59.7 Å². The number of hydrogen-bond donors (Lipinski definition) is 1. The Morgan fingerprint density at radius 2 is 0.962 bits per heavy atom. The van der Waals surface area contributed by atoms with Crippen LogP contribution >= 0.6 is 0 Å². The number of rotatable bonds is 4. The number of ether oxygens (including phenoxy) is 2. The molecular weight excluding hydrogens is 328 g/mol. The van der Waals surface area contributed by atoms with Crippen LogP contribution in [0.1, 0.15) is 17.2 Å². The first-order valence-electron chi connectivity index (χ1n) is 9.35. The Bertz CT molecular complexity index is 629. The largest absolute Gasteiger partial charge is 0.384 e. The van der Waals surface area contributed by atoms with Crippen LogP contribution in [-0.2, 0) is 9.47 Å². The van der Waals surface area contributed by atoms with E-state index in [2.05, 4.69) is 34.1 Å². The van der Waals surface area contributed by atoms with Gasteiger partial charge in [-0.15, -0.1) is 0 Å². The highest BCUT2D eigenvalue weighted by Gasteiger charge is 2.15. The summed E-state index contributed by atoms with van der Waals surface area (Å²) in [6.45, 7) is 6.80. The molecule has 0 radical (unpaired) electrons. The van der Waals surface area contributed by atoms with Gasteiger partial charge in [0.1, 0.15) is 6.10 Å². The molecule has 2 heterocycles. The average Bonchev–Trinajstić information content (AvgIpc) is 2.75. The Kier molecular flexibility index (Phi) is 5.39. The van der Waals surface area contributed by atoms with Crippen molar-refractivity contribution in [2.24, 2.45) is 0 Å². The van der Waals surface area contributed by atoms with Crippen molar-refractivity contribution >= 4 is 11.4 Å². The van der Waals surface area contributed by atoms with Crippen molar-refractivity contribution in [1.29, 1.82) is 0 Å². The Hall–Kier alpha value is -2.08. The van der Waals surface area contributed by atoms with Gasteiger partial charge >= 0.3 is 0 Å². The van der Waals surface area contributed by atoms with Gasteiger partial charge in [-0.05, 0) is 35.4 Å². The van der Waals surface area contributed by atoms with E-state index in [1.165, 1.54) is 11.4 Å². The van der Waals surface area contributed by atoms with Crippen molar-refractivity contribution in [1.82, 2.24) is 0 Å². The van der Waals surface area contributed by atoms with Crippen molar-refractivity contribution in [3.63, 3.8) is 0 Å². The summed E-state index contributed by atoms with van der Waals surface area (Å²) in [5.74, 6) is 0. The van der Waals surface area contributed by atoms with Gasteiger partial charge in [0.05, 0.1) is 26.4 Å². The zero-order valence-corrected chi connectivity index (χ0v) is 15.0. The van der Waals surface area contributed by atoms with E-state index < -0.39 is 6.10 Å². The monoisotopic (exact) mass is 354 g/mol. The fraction of sp³-hybridized carbons (Fsp3) is 0.429. The summed E-state index contributed by atoms with van der Waals surface area (Å²) >= 11 is 0. The van der Waals surface area contributed by atoms with E-state index in [9.17, 15) is 5.11 Å². The molecule has 0 unspecified atom stereocenters. The molecule has 2 fully saturated rings.